The molecule has 166 valence electrons. The molecule has 1 saturated heterocycles. The topological polar surface area (TPSA) is 112 Å². The summed E-state index contributed by atoms with van der Waals surface area (Å²) >= 11 is 0. The zero-order chi connectivity index (χ0) is 22.5. The van der Waals surface area contributed by atoms with E-state index in [9.17, 15) is 9.18 Å². The molecule has 1 fully saturated rings. The summed E-state index contributed by atoms with van der Waals surface area (Å²) in [7, 11) is 2.82. The van der Waals surface area contributed by atoms with E-state index in [1.54, 1.807) is 37.4 Å². The molecule has 1 aromatic carbocycles. The monoisotopic (exact) mass is 440 g/mol. The number of hydrogen-bond donors (Lipinski definition) is 1. The van der Waals surface area contributed by atoms with Gasteiger partial charge in [0.1, 0.15) is 5.75 Å². The molecule has 1 aliphatic rings. The lowest BCUT2D eigenvalue weighted by Crippen LogP contribution is -2.37. The van der Waals surface area contributed by atoms with Crippen LogP contribution < -0.4 is 15.0 Å². The highest BCUT2D eigenvalue weighted by Gasteiger charge is 2.20. The maximum absolute atomic E-state index is 14.4. The molecule has 0 atom stereocenters. The van der Waals surface area contributed by atoms with Crippen molar-refractivity contribution in [2.75, 3.05) is 50.7 Å². The van der Waals surface area contributed by atoms with Crippen molar-refractivity contribution in [2.24, 2.45) is 0 Å². The second-order valence-electron chi connectivity index (χ2n) is 6.80. The van der Waals surface area contributed by atoms with Gasteiger partial charge >= 0.3 is 5.97 Å². The van der Waals surface area contributed by atoms with Gasteiger partial charge < -0.3 is 24.4 Å². The van der Waals surface area contributed by atoms with Crippen molar-refractivity contribution in [3.8, 4) is 16.9 Å². The molecule has 32 heavy (non-hydrogen) atoms. The predicted octanol–water partition coefficient (Wildman–Crippen LogP) is 2.45. The third-order valence-corrected chi connectivity index (χ3v) is 4.85. The third-order valence-electron chi connectivity index (χ3n) is 4.85. The van der Waals surface area contributed by atoms with Crippen molar-refractivity contribution in [3.05, 3.63) is 48.0 Å². The Hall–Kier alpha value is -3.86. The van der Waals surface area contributed by atoms with Gasteiger partial charge in [-0.25, -0.2) is 14.2 Å². The normalized spacial score (nSPS) is 13.5. The molecule has 1 N–H and O–H groups in total. The molecule has 0 saturated carbocycles. The van der Waals surface area contributed by atoms with Crippen molar-refractivity contribution in [3.63, 3.8) is 0 Å². The molecule has 0 bridgehead atoms. The summed E-state index contributed by atoms with van der Waals surface area (Å²) in [5.41, 5.74) is 1.17. The molecule has 0 amide bonds. The highest BCUT2D eigenvalue weighted by atomic mass is 19.1. The quantitative estimate of drug-likeness (QED) is 0.574. The Bertz CT molecular complexity index is 1110. The largest absolute Gasteiger partial charge is 0.497 e. The summed E-state index contributed by atoms with van der Waals surface area (Å²) in [4.78, 5) is 22.5. The standard InChI is InChI=1S/C21H21FN6O4/c1-30-14-5-3-13(4-6-14)15-11-17(26-27-18(15)20(29)31-2)24-19-16(22)12-23-21(25-19)28-7-9-32-10-8-28/h3-6,11-12H,7-10H2,1-2H3,(H,23,24,25,26). The Kier molecular flexibility index (Phi) is 6.36. The Labute approximate surface area is 183 Å². The first-order valence-electron chi connectivity index (χ1n) is 9.81. The molecular formula is C21H21FN6O4. The lowest BCUT2D eigenvalue weighted by atomic mass is 10.0. The van der Waals surface area contributed by atoms with E-state index in [0.717, 1.165) is 6.20 Å². The first-order valence-corrected chi connectivity index (χ1v) is 9.81. The van der Waals surface area contributed by atoms with Crippen LogP contribution in [0.5, 0.6) is 5.75 Å². The van der Waals surface area contributed by atoms with Gasteiger partial charge in [-0.3, -0.25) is 0 Å². The predicted molar refractivity (Wildman–Crippen MR) is 114 cm³/mol. The highest BCUT2D eigenvalue weighted by Crippen LogP contribution is 2.28. The molecule has 0 spiro atoms. The zero-order valence-electron chi connectivity index (χ0n) is 17.5. The lowest BCUT2D eigenvalue weighted by molar-refractivity contribution is 0.0593. The van der Waals surface area contributed by atoms with E-state index in [2.05, 4.69) is 25.5 Å². The number of benzene rings is 1. The van der Waals surface area contributed by atoms with E-state index in [1.165, 1.54) is 7.11 Å². The van der Waals surface area contributed by atoms with E-state index < -0.39 is 11.8 Å². The first-order chi connectivity index (χ1) is 15.6. The van der Waals surface area contributed by atoms with Gasteiger partial charge in [0.2, 0.25) is 5.95 Å². The smallest absolute Gasteiger partial charge is 0.359 e. The number of morpholine rings is 1. The fourth-order valence-electron chi connectivity index (χ4n) is 3.17. The molecule has 1 aliphatic heterocycles. The van der Waals surface area contributed by atoms with Gasteiger partial charge in [-0.15, -0.1) is 10.2 Å². The number of rotatable bonds is 6. The molecule has 0 radical (unpaired) electrons. The van der Waals surface area contributed by atoms with E-state index in [4.69, 9.17) is 14.2 Å². The lowest BCUT2D eigenvalue weighted by Gasteiger charge is -2.26. The Balaban J connectivity index is 1.67. The Morgan fingerprint density at radius 3 is 2.59 bits per heavy atom. The number of anilines is 3. The fourth-order valence-corrected chi connectivity index (χ4v) is 3.17. The molecule has 4 rings (SSSR count). The number of esters is 1. The van der Waals surface area contributed by atoms with Gasteiger partial charge in [0.15, 0.2) is 23.1 Å². The van der Waals surface area contributed by atoms with Gasteiger partial charge in [-0.1, -0.05) is 12.1 Å². The van der Waals surface area contributed by atoms with Gasteiger partial charge in [0.05, 0.1) is 33.6 Å². The molecule has 2 aromatic heterocycles. The van der Waals surface area contributed by atoms with E-state index >= 15 is 0 Å². The summed E-state index contributed by atoms with van der Waals surface area (Å²) in [5, 5.41) is 10.8. The Morgan fingerprint density at radius 1 is 1.16 bits per heavy atom. The van der Waals surface area contributed by atoms with Crippen LogP contribution in [0.4, 0.5) is 22.0 Å². The van der Waals surface area contributed by atoms with Crippen LogP contribution in [-0.2, 0) is 9.47 Å². The summed E-state index contributed by atoms with van der Waals surface area (Å²) in [6, 6.07) is 8.63. The van der Waals surface area contributed by atoms with Gasteiger partial charge in [-0.2, -0.15) is 4.98 Å². The molecule has 11 heteroatoms. The number of halogens is 1. The molecule has 3 aromatic rings. The number of hydrogen-bond acceptors (Lipinski definition) is 10. The average Bonchev–Trinajstić information content (AvgIpc) is 2.85. The number of nitrogens with zero attached hydrogens (tertiary/aromatic N) is 5. The molecule has 0 aliphatic carbocycles. The highest BCUT2D eigenvalue weighted by molar-refractivity contribution is 5.95. The van der Waals surface area contributed by atoms with E-state index in [-0.39, 0.29) is 17.3 Å². The fraction of sp³-hybridized carbons (Fsp3) is 0.286. The van der Waals surface area contributed by atoms with Crippen molar-refractivity contribution in [2.45, 2.75) is 0 Å². The molecule has 0 unspecified atom stereocenters. The summed E-state index contributed by atoms with van der Waals surface area (Å²) in [5.74, 6) is -0.0972. The maximum Gasteiger partial charge on any atom is 0.359 e. The van der Waals surface area contributed by atoms with Crippen LogP contribution in [0.3, 0.4) is 0 Å². The van der Waals surface area contributed by atoms with Crippen LogP contribution in [0.2, 0.25) is 0 Å². The number of nitrogens with one attached hydrogen (secondary N) is 1. The number of carbonyl (C=O) groups excluding carboxylic acids is 1. The summed E-state index contributed by atoms with van der Waals surface area (Å²) in [6.07, 6.45) is 1.10. The number of methoxy groups -OCH3 is 2. The second-order valence-corrected chi connectivity index (χ2v) is 6.80. The first kappa shape index (κ1) is 21.4. The maximum atomic E-state index is 14.4. The Morgan fingerprint density at radius 2 is 1.91 bits per heavy atom. The third kappa shape index (κ3) is 4.57. The van der Waals surface area contributed by atoms with Crippen LogP contribution in [0.25, 0.3) is 11.1 Å². The van der Waals surface area contributed by atoms with Crippen molar-refractivity contribution in [1.82, 2.24) is 20.2 Å². The van der Waals surface area contributed by atoms with Crippen molar-refractivity contribution >= 4 is 23.6 Å². The van der Waals surface area contributed by atoms with E-state index in [0.29, 0.717) is 49.1 Å². The van der Waals surface area contributed by atoms with Gasteiger partial charge in [0, 0.05) is 18.7 Å². The average molecular weight is 440 g/mol. The van der Waals surface area contributed by atoms with Crippen molar-refractivity contribution in [1.29, 1.82) is 0 Å². The minimum Gasteiger partial charge on any atom is -0.497 e. The van der Waals surface area contributed by atoms with Crippen LogP contribution in [0.15, 0.2) is 36.5 Å². The van der Waals surface area contributed by atoms with Gasteiger partial charge in [0.25, 0.3) is 0 Å². The van der Waals surface area contributed by atoms with E-state index in [1.807, 2.05) is 4.90 Å². The van der Waals surface area contributed by atoms with Crippen LogP contribution in [-0.4, -0.2) is 66.7 Å². The van der Waals surface area contributed by atoms with Crippen LogP contribution >= 0.6 is 0 Å². The minimum atomic E-state index is -0.646. The number of aromatic nitrogens is 4. The second kappa shape index (κ2) is 9.52. The zero-order valence-corrected chi connectivity index (χ0v) is 17.5. The number of carbonyl (C=O) groups is 1. The summed E-state index contributed by atoms with van der Waals surface area (Å²) in [6.45, 7) is 2.32. The van der Waals surface area contributed by atoms with Crippen LogP contribution in [0.1, 0.15) is 10.5 Å². The minimum absolute atomic E-state index is 0.0281. The van der Waals surface area contributed by atoms with Crippen molar-refractivity contribution < 1.29 is 23.4 Å². The molecule has 10 nitrogen and oxygen atoms in total. The molecule has 3 heterocycles. The summed E-state index contributed by atoms with van der Waals surface area (Å²) < 4.78 is 29.8. The van der Waals surface area contributed by atoms with Gasteiger partial charge in [-0.05, 0) is 23.8 Å². The van der Waals surface area contributed by atoms with Crippen LogP contribution in [0, 0.1) is 5.82 Å². The SMILES string of the molecule is COC(=O)c1nnc(Nc2nc(N3CCOCC3)ncc2F)cc1-c1ccc(OC)cc1. The number of ether oxygens (including phenoxy) is 3. The molecular weight excluding hydrogens is 419 g/mol.